The number of carbonyl (C=O) groups is 1. The van der Waals surface area contributed by atoms with Gasteiger partial charge in [0.15, 0.2) is 0 Å². The molecule has 3 aromatic rings. The lowest BCUT2D eigenvalue weighted by atomic mass is 9.87. The average molecular weight is 319 g/mol. The second-order valence-electron chi connectivity index (χ2n) is 6.77. The third kappa shape index (κ3) is 2.41. The minimum Gasteiger partial charge on any atom is -0.478 e. The van der Waals surface area contributed by atoms with Gasteiger partial charge in [-0.1, -0.05) is 37.3 Å². The Morgan fingerprint density at radius 1 is 1.21 bits per heavy atom. The summed E-state index contributed by atoms with van der Waals surface area (Å²) >= 11 is 0. The quantitative estimate of drug-likeness (QED) is 0.751. The first-order valence-corrected chi connectivity index (χ1v) is 8.57. The van der Waals surface area contributed by atoms with Gasteiger partial charge in [-0.3, -0.25) is 0 Å². The van der Waals surface area contributed by atoms with Crippen LogP contribution in [0.25, 0.3) is 10.9 Å². The van der Waals surface area contributed by atoms with E-state index >= 15 is 0 Å². The lowest BCUT2D eigenvalue weighted by molar-refractivity contribution is 0.0697. The van der Waals surface area contributed by atoms with E-state index in [1.165, 1.54) is 29.7 Å². The molecule has 0 fully saturated rings. The summed E-state index contributed by atoms with van der Waals surface area (Å²) in [6.45, 7) is 3.12. The number of carboxylic acids is 1. The average Bonchev–Trinajstić information content (AvgIpc) is 2.90. The molecule has 1 atom stereocenters. The number of hydrogen-bond donors (Lipinski definition) is 1. The predicted molar refractivity (Wildman–Crippen MR) is 95.8 cm³/mol. The Morgan fingerprint density at radius 3 is 2.75 bits per heavy atom. The number of hydrogen-bond acceptors (Lipinski definition) is 1. The molecule has 0 radical (unpaired) electrons. The molecule has 4 rings (SSSR count). The third-order valence-corrected chi connectivity index (χ3v) is 5.17. The lowest BCUT2D eigenvalue weighted by Crippen LogP contribution is -2.12. The highest BCUT2D eigenvalue weighted by Gasteiger charge is 2.25. The van der Waals surface area contributed by atoms with E-state index < -0.39 is 5.97 Å². The minimum atomic E-state index is -0.856. The Hall–Kier alpha value is -2.55. The van der Waals surface area contributed by atoms with Gasteiger partial charge in [0, 0.05) is 23.1 Å². The van der Waals surface area contributed by atoms with Crippen LogP contribution >= 0.6 is 0 Å². The molecule has 1 aromatic heterocycles. The van der Waals surface area contributed by atoms with E-state index in [2.05, 4.69) is 35.8 Å². The molecule has 0 spiro atoms. The number of carboxylic acid groups (broad SMARTS) is 1. The maximum absolute atomic E-state index is 11.4. The Labute approximate surface area is 141 Å². The van der Waals surface area contributed by atoms with Crippen LogP contribution in [0.15, 0.2) is 48.5 Å². The monoisotopic (exact) mass is 319 g/mol. The zero-order chi connectivity index (χ0) is 16.7. The van der Waals surface area contributed by atoms with Crippen LogP contribution in [0.5, 0.6) is 0 Å². The molecule has 3 nitrogen and oxygen atoms in total. The van der Waals surface area contributed by atoms with Crippen molar-refractivity contribution in [1.29, 1.82) is 0 Å². The van der Waals surface area contributed by atoms with Crippen molar-refractivity contribution in [2.24, 2.45) is 0 Å². The summed E-state index contributed by atoms with van der Waals surface area (Å²) in [5, 5.41) is 10.5. The van der Waals surface area contributed by atoms with Gasteiger partial charge in [-0.15, -0.1) is 0 Å². The van der Waals surface area contributed by atoms with Gasteiger partial charge in [-0.2, -0.15) is 0 Å². The smallest absolute Gasteiger partial charge is 0.335 e. The molecular formula is C21H21NO2. The zero-order valence-corrected chi connectivity index (χ0v) is 13.8. The van der Waals surface area contributed by atoms with Crippen LogP contribution in [0.3, 0.4) is 0 Å². The fourth-order valence-corrected chi connectivity index (χ4v) is 4.06. The molecule has 0 amide bonds. The summed E-state index contributed by atoms with van der Waals surface area (Å²) in [5.41, 5.74) is 5.55. The van der Waals surface area contributed by atoms with Crippen molar-refractivity contribution in [2.45, 2.75) is 38.6 Å². The minimum absolute atomic E-state index is 0.375. The molecule has 122 valence electrons. The first-order valence-electron chi connectivity index (χ1n) is 8.57. The van der Waals surface area contributed by atoms with Crippen molar-refractivity contribution >= 4 is 16.9 Å². The molecule has 0 saturated carbocycles. The molecular weight excluding hydrogens is 298 g/mol. The Bertz CT molecular complexity index is 908. The number of aryl methyl sites for hydroxylation is 1. The third-order valence-electron chi connectivity index (χ3n) is 5.17. The highest BCUT2D eigenvalue weighted by Crippen LogP contribution is 2.39. The highest BCUT2D eigenvalue weighted by molar-refractivity contribution is 5.95. The van der Waals surface area contributed by atoms with Crippen LogP contribution < -0.4 is 0 Å². The molecule has 3 heteroatoms. The van der Waals surface area contributed by atoms with Crippen molar-refractivity contribution in [2.75, 3.05) is 0 Å². The summed E-state index contributed by atoms with van der Waals surface area (Å²) in [7, 11) is 0. The van der Waals surface area contributed by atoms with E-state index in [0.29, 0.717) is 11.5 Å². The summed E-state index contributed by atoms with van der Waals surface area (Å²) in [4.78, 5) is 11.4. The summed E-state index contributed by atoms with van der Waals surface area (Å²) < 4.78 is 2.40. The zero-order valence-electron chi connectivity index (χ0n) is 13.8. The molecule has 1 N–H and O–H groups in total. The Balaban J connectivity index is 1.94. The van der Waals surface area contributed by atoms with Gasteiger partial charge in [0.05, 0.1) is 5.56 Å². The van der Waals surface area contributed by atoms with Crippen molar-refractivity contribution in [3.05, 3.63) is 70.9 Å². The molecule has 1 aliphatic carbocycles. The SMILES string of the molecule is CC1CCCc2c1n(Cc1ccccc1)c1ccc(C(=O)O)cc21. The molecule has 0 aliphatic heterocycles. The summed E-state index contributed by atoms with van der Waals surface area (Å²) in [6.07, 6.45) is 3.42. The van der Waals surface area contributed by atoms with E-state index in [1.807, 2.05) is 18.2 Å². The van der Waals surface area contributed by atoms with E-state index in [1.54, 1.807) is 6.07 Å². The topological polar surface area (TPSA) is 42.2 Å². The summed E-state index contributed by atoms with van der Waals surface area (Å²) in [6, 6.07) is 16.0. The predicted octanol–water partition coefficient (Wildman–Crippen LogP) is 4.83. The van der Waals surface area contributed by atoms with Crippen LogP contribution in [-0.4, -0.2) is 15.6 Å². The van der Waals surface area contributed by atoms with Gasteiger partial charge >= 0.3 is 5.97 Å². The van der Waals surface area contributed by atoms with Crippen molar-refractivity contribution in [3.63, 3.8) is 0 Å². The van der Waals surface area contributed by atoms with Crippen molar-refractivity contribution < 1.29 is 9.90 Å². The fraction of sp³-hybridized carbons (Fsp3) is 0.286. The van der Waals surface area contributed by atoms with Gasteiger partial charge in [-0.25, -0.2) is 4.79 Å². The van der Waals surface area contributed by atoms with E-state index in [0.717, 1.165) is 23.9 Å². The number of aromatic nitrogens is 1. The van der Waals surface area contributed by atoms with Crippen molar-refractivity contribution in [1.82, 2.24) is 4.57 Å². The maximum atomic E-state index is 11.4. The van der Waals surface area contributed by atoms with Crippen molar-refractivity contribution in [3.8, 4) is 0 Å². The van der Waals surface area contributed by atoms with Gasteiger partial charge in [-0.05, 0) is 54.5 Å². The molecule has 1 heterocycles. The fourth-order valence-electron chi connectivity index (χ4n) is 4.06. The first kappa shape index (κ1) is 15.0. The van der Waals surface area contributed by atoms with Crippen LogP contribution in [0, 0.1) is 0 Å². The number of benzene rings is 2. The Morgan fingerprint density at radius 2 is 2.00 bits per heavy atom. The largest absolute Gasteiger partial charge is 0.478 e. The molecule has 1 unspecified atom stereocenters. The van der Waals surface area contributed by atoms with E-state index in [4.69, 9.17) is 0 Å². The van der Waals surface area contributed by atoms with Gasteiger partial charge in [0.1, 0.15) is 0 Å². The molecule has 0 saturated heterocycles. The highest BCUT2D eigenvalue weighted by atomic mass is 16.4. The number of rotatable bonds is 3. The summed E-state index contributed by atoms with van der Waals surface area (Å²) in [5.74, 6) is -0.344. The van der Waals surface area contributed by atoms with Crippen LogP contribution in [0.1, 0.15) is 52.9 Å². The van der Waals surface area contributed by atoms with Gasteiger partial charge < -0.3 is 9.67 Å². The van der Waals surface area contributed by atoms with E-state index in [9.17, 15) is 9.90 Å². The van der Waals surface area contributed by atoms with E-state index in [-0.39, 0.29) is 0 Å². The lowest BCUT2D eigenvalue weighted by Gasteiger charge is -2.22. The number of fused-ring (bicyclic) bond motifs is 3. The molecule has 2 aromatic carbocycles. The molecule has 24 heavy (non-hydrogen) atoms. The number of aromatic carboxylic acids is 1. The van der Waals surface area contributed by atoms with Gasteiger partial charge in [0.25, 0.3) is 0 Å². The molecule has 1 aliphatic rings. The second kappa shape index (κ2) is 5.82. The number of nitrogens with zero attached hydrogens (tertiary/aromatic N) is 1. The first-order chi connectivity index (χ1) is 11.6. The van der Waals surface area contributed by atoms with Crippen LogP contribution in [0.2, 0.25) is 0 Å². The normalized spacial score (nSPS) is 17.0. The van der Waals surface area contributed by atoms with Crippen LogP contribution in [0.4, 0.5) is 0 Å². The van der Waals surface area contributed by atoms with Gasteiger partial charge in [0.2, 0.25) is 0 Å². The second-order valence-corrected chi connectivity index (χ2v) is 6.77. The molecule has 0 bridgehead atoms. The Kier molecular flexibility index (Phi) is 3.64. The maximum Gasteiger partial charge on any atom is 0.335 e. The standard InChI is InChI=1S/C21H21NO2/c1-14-6-5-9-17-18-12-16(21(23)24)10-11-19(18)22(20(14)17)13-15-7-3-2-4-8-15/h2-4,7-8,10-12,14H,5-6,9,13H2,1H3,(H,23,24). The van der Waals surface area contributed by atoms with Crippen LogP contribution in [-0.2, 0) is 13.0 Å².